The number of aryl methyl sites for hydroxylation is 1. The third-order valence-electron chi connectivity index (χ3n) is 10.3. The number of alkyl halides is 2. The number of hydrogen-bond acceptors (Lipinski definition) is 8. The molecular formula is C33H41F2N7O4S. The molecule has 4 aliphatic heterocycles. The van der Waals surface area contributed by atoms with Crippen LogP contribution in [0, 0.1) is 30.1 Å². The number of carbonyl (C=O) groups is 2. The first kappa shape index (κ1) is 33.1. The number of fused-ring (bicyclic) bond motifs is 8. The van der Waals surface area contributed by atoms with Crippen molar-refractivity contribution in [2.24, 2.45) is 11.8 Å². The lowest BCUT2D eigenvalue weighted by atomic mass is 9.70. The van der Waals surface area contributed by atoms with Gasteiger partial charge in [-0.3, -0.25) is 9.69 Å². The number of carbonyl (C=O) groups excluding carboxylic acids is 2. The highest BCUT2D eigenvalue weighted by Crippen LogP contribution is 2.44. The van der Waals surface area contributed by atoms with E-state index >= 15 is 8.78 Å². The van der Waals surface area contributed by atoms with E-state index in [1.807, 2.05) is 6.92 Å². The molecule has 1 saturated carbocycles. The molecule has 1 saturated heterocycles. The number of halogens is 2. The second kappa shape index (κ2) is 12.6. The van der Waals surface area contributed by atoms with Gasteiger partial charge in [-0.05, 0) is 82.3 Å². The molecule has 8 bridgehead atoms. The van der Waals surface area contributed by atoms with Crippen LogP contribution >= 0.6 is 0 Å². The van der Waals surface area contributed by atoms with E-state index in [1.54, 1.807) is 19.1 Å². The van der Waals surface area contributed by atoms with Crippen LogP contribution in [0.5, 0.6) is 0 Å². The maximum Gasteiger partial charge on any atom is 0.327 e. The average molecular weight is 670 g/mol. The van der Waals surface area contributed by atoms with E-state index in [0.29, 0.717) is 41.7 Å². The van der Waals surface area contributed by atoms with Crippen molar-refractivity contribution in [2.45, 2.75) is 89.3 Å². The van der Waals surface area contributed by atoms with E-state index in [9.17, 15) is 23.3 Å². The summed E-state index contributed by atoms with van der Waals surface area (Å²) in [7, 11) is -3.36. The lowest BCUT2D eigenvalue weighted by molar-refractivity contribution is -0.119. The van der Waals surface area contributed by atoms with Gasteiger partial charge in [-0.2, -0.15) is 5.26 Å². The van der Waals surface area contributed by atoms with Gasteiger partial charge in [-0.25, -0.2) is 32.0 Å². The van der Waals surface area contributed by atoms with Crippen molar-refractivity contribution in [2.75, 3.05) is 34.8 Å². The predicted octanol–water partition coefficient (Wildman–Crippen LogP) is 4.98. The van der Waals surface area contributed by atoms with E-state index < -0.39 is 33.4 Å². The number of anilines is 2. The highest BCUT2D eigenvalue weighted by Gasteiger charge is 2.49. The van der Waals surface area contributed by atoms with E-state index in [2.05, 4.69) is 26.7 Å². The second-order valence-electron chi connectivity index (χ2n) is 13.6. The Morgan fingerprint density at radius 1 is 1.04 bits per heavy atom. The zero-order valence-electron chi connectivity index (χ0n) is 26.8. The minimum absolute atomic E-state index is 0.0398. The summed E-state index contributed by atoms with van der Waals surface area (Å²) in [6.07, 6.45) is 3.52. The van der Waals surface area contributed by atoms with Crippen molar-refractivity contribution in [3.63, 3.8) is 0 Å². The molecule has 252 valence electrons. The fraction of sp³-hybridized carbons (Fsp3) is 0.606. The maximum absolute atomic E-state index is 15.4. The molecule has 1 atom stereocenters. The van der Waals surface area contributed by atoms with Gasteiger partial charge >= 0.3 is 6.03 Å². The molecule has 0 radical (unpaired) electrons. The highest BCUT2D eigenvalue weighted by atomic mass is 32.2. The van der Waals surface area contributed by atoms with E-state index in [1.165, 1.54) is 21.9 Å². The fourth-order valence-electron chi connectivity index (χ4n) is 7.34. The monoisotopic (exact) mass is 669 g/mol. The molecule has 0 unspecified atom stereocenters. The van der Waals surface area contributed by atoms with E-state index in [4.69, 9.17) is 0 Å². The summed E-state index contributed by atoms with van der Waals surface area (Å²) in [5.41, 5.74) is -0.394. The van der Waals surface area contributed by atoms with Crippen molar-refractivity contribution < 1.29 is 26.8 Å². The summed E-state index contributed by atoms with van der Waals surface area (Å²) >= 11 is 0. The Hall–Kier alpha value is -3.86. The first-order chi connectivity index (χ1) is 22.3. The quantitative estimate of drug-likeness (QED) is 0.432. The van der Waals surface area contributed by atoms with Crippen molar-refractivity contribution in [3.05, 3.63) is 46.8 Å². The Kier molecular flexibility index (Phi) is 8.88. The van der Waals surface area contributed by atoms with Crippen LogP contribution in [0.2, 0.25) is 0 Å². The summed E-state index contributed by atoms with van der Waals surface area (Å²) in [5, 5.41) is 16.6. The van der Waals surface area contributed by atoms with Crippen LogP contribution < -0.4 is 15.5 Å². The summed E-state index contributed by atoms with van der Waals surface area (Å²) < 4.78 is 55.5. The van der Waals surface area contributed by atoms with Gasteiger partial charge in [-0.15, -0.1) is 0 Å². The second-order valence-corrected chi connectivity index (χ2v) is 15.9. The normalized spacial score (nSPS) is 27.3. The Morgan fingerprint density at radius 2 is 1.77 bits per heavy atom. The number of sulfone groups is 1. The molecule has 1 aliphatic carbocycles. The lowest BCUT2D eigenvalue weighted by Crippen LogP contribution is -2.61. The number of benzene rings is 1. The third kappa shape index (κ3) is 6.77. The molecule has 1 aromatic heterocycles. The van der Waals surface area contributed by atoms with Crippen molar-refractivity contribution >= 4 is 33.4 Å². The van der Waals surface area contributed by atoms with Gasteiger partial charge in [0.2, 0.25) is 5.91 Å². The molecule has 0 spiro atoms. The van der Waals surface area contributed by atoms with Crippen molar-refractivity contribution in [1.29, 1.82) is 5.26 Å². The van der Waals surface area contributed by atoms with Gasteiger partial charge < -0.3 is 15.5 Å². The minimum atomic E-state index is -3.36. The minimum Gasteiger partial charge on any atom is -0.363 e. The molecule has 3 amide bonds. The Bertz CT molecular complexity index is 1690. The summed E-state index contributed by atoms with van der Waals surface area (Å²) in [4.78, 5) is 39.2. The first-order valence-corrected chi connectivity index (χ1v) is 18.2. The van der Waals surface area contributed by atoms with Gasteiger partial charge in [0.05, 0.1) is 29.7 Å². The molecule has 7 rings (SSSR count). The summed E-state index contributed by atoms with van der Waals surface area (Å²) in [6.45, 7) is 3.43. The molecular weight excluding hydrogens is 628 g/mol. The number of hydrogen-bond donors (Lipinski definition) is 2. The zero-order chi connectivity index (χ0) is 33.6. The molecule has 1 aromatic carbocycles. The third-order valence-corrected chi connectivity index (χ3v) is 11.9. The standard InChI is InChI=1S/C33H41F2N7O4S/c1-21-25-6-3-7-26(17-25)33(34,35)9-8-24-15-23(16-24)5-4-12-37-28(43)19-41-30-27(29(38-21)39-22(2)40-30)18-42(31(41)44)32(20-36)10-13-47(45,46)14-11-32/h3,6-7,17,21,23-24H,4-5,8-16,18-19H2,1-2H3,(H,37,43)(H,38,39,40)/t21-,23?,24?/m1/s1. The number of amides is 3. The van der Waals surface area contributed by atoms with Crippen molar-refractivity contribution in [3.8, 4) is 6.07 Å². The van der Waals surface area contributed by atoms with Gasteiger partial charge in [0.15, 0.2) is 9.84 Å². The summed E-state index contributed by atoms with van der Waals surface area (Å²) in [6, 6.07) is 7.50. The van der Waals surface area contributed by atoms with Gasteiger partial charge in [0.1, 0.15) is 29.5 Å². The van der Waals surface area contributed by atoms with Crippen molar-refractivity contribution in [1.82, 2.24) is 20.2 Å². The molecule has 2 aromatic rings. The van der Waals surface area contributed by atoms with E-state index in [0.717, 1.165) is 25.7 Å². The molecule has 47 heavy (non-hydrogen) atoms. The number of urea groups is 1. The molecule has 5 heterocycles. The largest absolute Gasteiger partial charge is 0.363 e. The van der Waals surface area contributed by atoms with Gasteiger partial charge in [0.25, 0.3) is 5.92 Å². The molecule has 2 fully saturated rings. The number of nitrogens with zero attached hydrogens (tertiary/aromatic N) is 5. The number of nitrogens with one attached hydrogen (secondary N) is 2. The number of aromatic nitrogens is 2. The molecule has 5 aliphatic rings. The first-order valence-electron chi connectivity index (χ1n) is 16.4. The summed E-state index contributed by atoms with van der Waals surface area (Å²) in [5.74, 6) is -2.27. The number of nitriles is 1. The topological polar surface area (TPSA) is 148 Å². The van der Waals surface area contributed by atoms with Crippen LogP contribution in [-0.4, -0.2) is 65.4 Å². The molecule has 11 nitrogen and oxygen atoms in total. The average Bonchev–Trinajstić information content (AvgIpc) is 3.01. The van der Waals surface area contributed by atoms with Crippen LogP contribution in [0.4, 0.5) is 25.2 Å². The Morgan fingerprint density at radius 3 is 2.49 bits per heavy atom. The van der Waals surface area contributed by atoms with Crippen LogP contribution in [-0.2, 0) is 27.1 Å². The smallest absolute Gasteiger partial charge is 0.327 e. The van der Waals surface area contributed by atoms with Gasteiger partial charge in [0, 0.05) is 24.6 Å². The SMILES string of the molecule is Cc1nc2c3c(n1)N(CC(=O)NCCCC1CC(CCC(F)(F)c4cccc(c4)[C@@H](C)N2)C1)C(=O)N(C1(C#N)CCS(=O)(=O)CC1)C3. The van der Waals surface area contributed by atoms with E-state index in [-0.39, 0.29) is 67.1 Å². The zero-order valence-corrected chi connectivity index (χ0v) is 27.6. The fourth-order valence-corrected chi connectivity index (χ4v) is 8.84. The van der Waals surface area contributed by atoms with Crippen LogP contribution in [0.1, 0.15) is 86.8 Å². The highest BCUT2D eigenvalue weighted by molar-refractivity contribution is 7.91. The van der Waals surface area contributed by atoms with Gasteiger partial charge in [-0.1, -0.05) is 18.2 Å². The Labute approximate surface area is 274 Å². The van der Waals surface area contributed by atoms with Crippen LogP contribution in [0.25, 0.3) is 0 Å². The van der Waals surface area contributed by atoms with Crippen LogP contribution in [0.3, 0.4) is 0 Å². The van der Waals surface area contributed by atoms with Crippen LogP contribution in [0.15, 0.2) is 24.3 Å². The predicted molar refractivity (Wildman–Crippen MR) is 171 cm³/mol. The molecule has 2 N–H and O–H groups in total. The Balaban J connectivity index is 1.39. The maximum atomic E-state index is 15.4. The lowest BCUT2D eigenvalue weighted by Gasteiger charge is -2.46. The molecule has 14 heteroatoms. The number of rotatable bonds is 1.